The second-order valence-electron chi connectivity index (χ2n) is 19.2. The zero-order valence-electron chi connectivity index (χ0n) is 55.1. The number of nitrogens with zero attached hydrogens (tertiary/aromatic N) is 5. The Kier molecular flexibility index (Phi) is 40.1. The van der Waals surface area contributed by atoms with Gasteiger partial charge in [-0.25, -0.2) is 101 Å². The second kappa shape index (κ2) is 35.6. The third-order valence-electron chi connectivity index (χ3n) is 11.6. The molecular formula is C24H2F48Li7N7O24S12. The van der Waals surface area contributed by atoms with E-state index in [1.807, 2.05) is 0 Å². The van der Waals surface area contributed by atoms with Crippen LogP contribution in [-0.2, 0) is 120 Å². The smallest absolute Gasteiger partial charge is 0.559 e. The Balaban J connectivity index is -0.00000309. The van der Waals surface area contributed by atoms with E-state index in [4.69, 9.17) is 10.3 Å². The first-order valence-electron chi connectivity index (χ1n) is 22.3. The molecule has 0 atom stereocenters. The van der Waals surface area contributed by atoms with Gasteiger partial charge in [0.05, 0.1) is 0 Å². The Morgan fingerprint density at radius 3 is 0.221 bits per heavy atom. The Bertz CT molecular complexity index is 5040. The summed E-state index contributed by atoms with van der Waals surface area (Å²) in [4.78, 5) is 0. The summed E-state index contributed by atoms with van der Waals surface area (Å²) in [6.07, 6.45) is 0. The molecule has 0 unspecified atom stereocenters. The summed E-state index contributed by atoms with van der Waals surface area (Å²) < 4.78 is 956. The van der Waals surface area contributed by atoms with Gasteiger partial charge in [0, 0.05) is 0 Å². The predicted molar refractivity (Wildman–Crippen MR) is 251 cm³/mol. The number of hydrogen-bond donors (Lipinski definition) is 0. The summed E-state index contributed by atoms with van der Waals surface area (Å²) in [7, 11) is -120. The van der Waals surface area contributed by atoms with E-state index in [0.717, 1.165) is 0 Å². The zero-order chi connectivity index (χ0) is 95.5. The molecule has 0 aromatic rings. The molecule has 0 fully saturated rings. The maximum Gasteiger partial charge on any atom is 1.00 e. The van der Waals surface area contributed by atoms with Crippen molar-refractivity contribution in [2.24, 2.45) is 0 Å². The largest absolute Gasteiger partial charge is 1.00 e. The molecule has 0 aliphatic heterocycles. The molecule has 0 bridgehead atoms. The van der Waals surface area contributed by atoms with Gasteiger partial charge in [0.1, 0.15) is 20.0 Å². The average molecular weight is 2120 g/mol. The molecule has 0 saturated heterocycles. The summed E-state index contributed by atoms with van der Waals surface area (Å²) in [6.45, 7) is 0. The minimum absolute atomic E-state index is 0. The van der Waals surface area contributed by atoms with Crippen LogP contribution in [0.3, 0.4) is 0 Å². The number of alkyl halides is 48. The van der Waals surface area contributed by atoms with Gasteiger partial charge < -0.3 is 30.9 Å². The summed E-state index contributed by atoms with van der Waals surface area (Å²) in [5.74, 6) is -117. The summed E-state index contributed by atoms with van der Waals surface area (Å²) in [6, 6.07) is 0. The zero-order valence-corrected chi connectivity index (χ0v) is 64.9. The van der Waals surface area contributed by atoms with Crippen molar-refractivity contribution in [2.75, 3.05) is 0 Å². The number of rotatable bonds is 40. The van der Waals surface area contributed by atoms with Gasteiger partial charge in [-0.3, -0.25) is 0 Å². The molecule has 0 radical (unpaired) electrons. The second-order valence-corrected chi connectivity index (χ2v) is 39.9. The summed E-state index contributed by atoms with van der Waals surface area (Å²) in [5, 5.41) is -102. The molecule has 0 rings (SSSR count). The fourth-order valence-electron chi connectivity index (χ4n) is 5.26. The van der Waals surface area contributed by atoms with Crippen LogP contribution >= 0.6 is 0 Å². The molecular weight excluding hydrogens is 2120 g/mol. The van der Waals surface area contributed by atoms with Crippen LogP contribution in [0.4, 0.5) is 211 Å². The van der Waals surface area contributed by atoms with Crippen LogP contribution in [0.2, 0.25) is 0 Å². The molecule has 0 aliphatic carbocycles. The number of nitrogens with one attached hydrogen (secondary N) is 2. The first kappa shape index (κ1) is 137. The van der Waals surface area contributed by atoms with Crippen LogP contribution in [0.1, 0.15) is 0 Å². The third kappa shape index (κ3) is 18.9. The molecule has 0 saturated carbocycles. The van der Waals surface area contributed by atoms with Gasteiger partial charge in [0.2, 0.25) is 0 Å². The van der Waals surface area contributed by atoms with Crippen LogP contribution in [0.5, 0.6) is 0 Å². The molecule has 0 heterocycles. The minimum atomic E-state index is -10.6. The SMILES string of the molecule is [Li+].[Li+].[Li+].[Li+].[Li+].[Li+].[Li+].[NH-]S(=O)(=O)C(F)(F)C(F)(F)C(F)(F)C(F)(F)S(=O)(=O)[N-]S(=O)(=O)C(F)(F)C(F)(F)C(F)(F)C(F)(F)S(=O)(=O)[N-]S(=O)(=O)C(F)(F)C(F)(F)C(F)(F)C(F)(F)S(=O)(=O)[N-]S(=O)(=O)C(F)(F)C(F)(F)C(F)(F)C(F)(F)S(=O)(=O)[N-]S(=O)(=O)C(F)(F)C(F)(F)C(F)(F)C(F)(F)S(=O)(=O)[N-]S(=O)(=O)C(F)(F)C(F)(F)C(F)(F)C(F)(F)S([NH-])(=O)=O. The standard InChI is InChI=1S/C24H2F48N7O24S12.7Li/c25-1(26,13(49,50)104(73,80)81)3(29,30)15(53,54)106(84,85)75-108(88,89)17(57,58)5(33,34)7(37,38)19(61,62)110(92,93)77-112(96,97)21(65,66)9(41,42)11(45,46)23(69,70)114(100,101)79-115(102,103)24(71,72)12(47,48)10(43,44)22(67,68)113(98,99)78-111(94,95)20(63,64)8(39,40)6(35,36)18(59,60)109(90,91)76-107(86,87)16(55,56)4(31,32)2(27,28)14(51,52)105(74,82)83;;;;;;;/h(H2-2,73,74,80,81,82,83);;;;;;;/q-7;7*+1. The van der Waals surface area contributed by atoms with Crippen molar-refractivity contribution in [3.8, 4) is 0 Å². The fourth-order valence-corrected chi connectivity index (χ4v) is 19.6. The van der Waals surface area contributed by atoms with Gasteiger partial charge >= 0.3 is 266 Å². The number of hydrogen-bond acceptors (Lipinski definition) is 24. The van der Waals surface area contributed by atoms with Crippen LogP contribution < -0.4 is 132 Å². The van der Waals surface area contributed by atoms with Crippen molar-refractivity contribution in [1.29, 1.82) is 0 Å². The van der Waals surface area contributed by atoms with Gasteiger partial charge in [0.15, 0.2) is 100 Å². The van der Waals surface area contributed by atoms with Crippen LogP contribution in [0, 0.1) is 0 Å². The Morgan fingerprint density at radius 1 is 0.123 bits per heavy atom. The van der Waals surface area contributed by atoms with E-state index >= 15 is 0 Å². The van der Waals surface area contributed by atoms with Crippen molar-refractivity contribution in [1.82, 2.24) is 0 Å². The number of sulfonamides is 12. The molecule has 122 heavy (non-hydrogen) atoms. The Morgan fingerprint density at radius 2 is 0.172 bits per heavy atom. The first-order chi connectivity index (χ1) is 48.0. The van der Waals surface area contributed by atoms with E-state index in [1.54, 1.807) is 0 Å². The fraction of sp³-hybridized carbons (Fsp3) is 1.00. The summed E-state index contributed by atoms with van der Waals surface area (Å²) >= 11 is 0. The topological polar surface area (TPSA) is 528 Å². The van der Waals surface area contributed by atoms with Gasteiger partial charge in [-0.15, -0.1) is 0 Å². The summed E-state index contributed by atoms with van der Waals surface area (Å²) in [5.41, 5.74) is 0. The van der Waals surface area contributed by atoms with Gasteiger partial charge in [-0.05, 0) is 0 Å². The Labute approximate surface area is 723 Å². The molecule has 31 nitrogen and oxygen atoms in total. The van der Waals surface area contributed by atoms with Gasteiger partial charge in [-0.2, -0.15) is 211 Å². The van der Waals surface area contributed by atoms with E-state index in [1.165, 1.54) is 0 Å². The van der Waals surface area contributed by atoms with Gasteiger partial charge in [0.25, 0.3) is 0 Å². The van der Waals surface area contributed by atoms with E-state index in [0.29, 0.717) is 0 Å². The molecule has 2 N–H and O–H groups in total. The normalized spacial score (nSPS) is 16.3. The van der Waals surface area contributed by atoms with E-state index in [2.05, 4.69) is 0 Å². The quantitative estimate of drug-likeness (QED) is 0.0406. The predicted octanol–water partition coefficient (Wildman–Crippen LogP) is -11.3. The molecule has 0 aromatic carbocycles. The van der Waals surface area contributed by atoms with Crippen molar-refractivity contribution >= 4 is 120 Å². The van der Waals surface area contributed by atoms with E-state index in [9.17, 15) is 312 Å². The van der Waals surface area contributed by atoms with Crippen molar-refractivity contribution < 1.29 is 444 Å². The molecule has 0 aliphatic rings. The number of halogens is 48. The van der Waals surface area contributed by atoms with Gasteiger partial charge in [-0.1, -0.05) is 0 Å². The average Bonchev–Trinajstić information content (AvgIpc) is 0.702. The third-order valence-corrected chi connectivity index (χ3v) is 30.4. The van der Waals surface area contributed by atoms with Crippen LogP contribution in [0.15, 0.2) is 0 Å². The maximum absolute atomic E-state index is 14.6. The Hall–Kier alpha value is -0.0582. The van der Waals surface area contributed by atoms with E-state index < -0.39 is 275 Å². The minimum Gasteiger partial charge on any atom is -0.559 e. The first-order valence-corrected chi connectivity index (χ1v) is 39.6. The molecule has 0 aromatic heterocycles. The monoisotopic (exact) mass is 2120 g/mol. The van der Waals surface area contributed by atoms with Crippen molar-refractivity contribution in [2.45, 2.75) is 134 Å². The van der Waals surface area contributed by atoms with E-state index in [-0.39, 0.29) is 132 Å². The molecule has 0 amide bonds. The van der Waals surface area contributed by atoms with Crippen molar-refractivity contribution in [3.63, 3.8) is 0 Å². The molecule has 0 spiro atoms. The van der Waals surface area contributed by atoms with Crippen LogP contribution in [0.25, 0.3) is 30.9 Å². The van der Waals surface area contributed by atoms with Crippen LogP contribution in [-0.4, -0.2) is 235 Å². The molecule has 692 valence electrons. The maximum atomic E-state index is 14.6. The molecule has 98 heteroatoms. The van der Waals surface area contributed by atoms with Crippen molar-refractivity contribution in [3.05, 3.63) is 30.9 Å².